The Morgan fingerprint density at radius 2 is 1.79 bits per heavy atom. The lowest BCUT2D eigenvalue weighted by Crippen LogP contribution is -2.60. The molecular formula is C41H52BrN3O8. The third-order valence-electron chi connectivity index (χ3n) is 11.4. The van der Waals surface area contributed by atoms with E-state index in [1.165, 1.54) is 4.90 Å². The van der Waals surface area contributed by atoms with Crippen molar-refractivity contribution in [2.45, 2.75) is 87.2 Å². The molecule has 12 heteroatoms. The van der Waals surface area contributed by atoms with Gasteiger partial charge in [0, 0.05) is 30.5 Å². The number of alkyl halides is 1. The second-order valence-corrected chi connectivity index (χ2v) is 15.5. The molecule has 3 amide bonds. The van der Waals surface area contributed by atoms with E-state index in [2.05, 4.69) is 29.1 Å². The summed E-state index contributed by atoms with van der Waals surface area (Å²) in [6.45, 7) is 13.1. The molecule has 1 N–H and O–H groups in total. The number of amides is 3. The van der Waals surface area contributed by atoms with E-state index in [-0.39, 0.29) is 42.6 Å². The molecule has 2 aromatic rings. The lowest BCUT2D eigenvalue weighted by molar-refractivity contribution is -0.165. The van der Waals surface area contributed by atoms with Gasteiger partial charge in [0.1, 0.15) is 23.5 Å². The molecule has 0 aromatic heterocycles. The van der Waals surface area contributed by atoms with Gasteiger partial charge in [0.25, 0.3) is 5.91 Å². The highest BCUT2D eigenvalue weighted by Gasteiger charge is 2.78. The van der Waals surface area contributed by atoms with E-state index < -0.39 is 65.6 Å². The number of carbonyl (C=O) groups is 4. The van der Waals surface area contributed by atoms with Crippen molar-refractivity contribution in [3.05, 3.63) is 85.5 Å². The number of aliphatic hydroxyl groups is 1. The highest BCUT2D eigenvalue weighted by molar-refractivity contribution is 9.09. The van der Waals surface area contributed by atoms with Crippen molar-refractivity contribution in [2.75, 3.05) is 32.2 Å². The lowest BCUT2D eigenvalue weighted by atomic mass is 9.70. The first-order valence-electron chi connectivity index (χ1n) is 18.3. The molecule has 53 heavy (non-hydrogen) atoms. The average Bonchev–Trinajstić information content (AvgIpc) is 3.77. The van der Waals surface area contributed by atoms with Crippen LogP contribution < -0.4 is 9.64 Å². The minimum absolute atomic E-state index is 0.124. The molecule has 3 saturated heterocycles. The number of ether oxygens (including phenoxy) is 3. The van der Waals surface area contributed by atoms with Gasteiger partial charge in [0.2, 0.25) is 11.8 Å². The number of aliphatic hydroxyl groups excluding tert-OH is 1. The summed E-state index contributed by atoms with van der Waals surface area (Å²) in [6, 6.07) is 13.8. The Bertz CT molecular complexity index is 1660. The number of allylic oxidation sites excluding steroid dienone is 1. The van der Waals surface area contributed by atoms with E-state index in [9.17, 15) is 19.5 Å². The number of nitrogens with zero attached hydrogens (tertiary/aromatic N) is 3. The summed E-state index contributed by atoms with van der Waals surface area (Å²) in [6.07, 6.45) is 3.35. The molecule has 3 heterocycles. The van der Waals surface area contributed by atoms with Gasteiger partial charge in [-0.15, -0.1) is 13.2 Å². The number of halogens is 1. The van der Waals surface area contributed by atoms with Gasteiger partial charge < -0.3 is 34.0 Å². The largest absolute Gasteiger partial charge is 0.497 e. The van der Waals surface area contributed by atoms with Crippen LogP contribution in [0.5, 0.6) is 5.75 Å². The molecule has 2 bridgehead atoms. The van der Waals surface area contributed by atoms with E-state index in [1.54, 1.807) is 60.4 Å². The van der Waals surface area contributed by atoms with Crippen molar-refractivity contribution in [3.8, 4) is 5.75 Å². The molecular weight excluding hydrogens is 742 g/mol. The number of fused-ring (bicyclic) bond motifs is 1. The molecule has 0 saturated carbocycles. The molecule has 3 fully saturated rings. The van der Waals surface area contributed by atoms with Crippen LogP contribution in [0, 0.1) is 17.8 Å². The SMILES string of the molecule is C=CCCC(=O)N(C)[C@@H](C)[C@@H](OC(=O)[C@@H]1[C@H]2O[C@@]3(CC2Br)[C@H](C(=O)N(CC=C)c2ccc(OC)cc2)N([C@@H](CO)[C@@H](C)CC)C(=O)[C@@H]13)c1ccccc1. The normalized spacial score (nSPS) is 26.6. The van der Waals surface area contributed by atoms with E-state index >= 15 is 4.79 Å². The van der Waals surface area contributed by atoms with E-state index in [0.717, 1.165) is 0 Å². The monoisotopic (exact) mass is 793 g/mol. The van der Waals surface area contributed by atoms with E-state index in [0.29, 0.717) is 29.8 Å². The van der Waals surface area contributed by atoms with Gasteiger partial charge in [-0.3, -0.25) is 19.2 Å². The molecule has 11 nitrogen and oxygen atoms in total. The van der Waals surface area contributed by atoms with Gasteiger partial charge in [-0.2, -0.15) is 0 Å². The Kier molecular flexibility index (Phi) is 12.9. The predicted molar refractivity (Wildman–Crippen MR) is 205 cm³/mol. The first-order chi connectivity index (χ1) is 25.4. The molecule has 1 spiro atoms. The summed E-state index contributed by atoms with van der Waals surface area (Å²) >= 11 is 3.76. The molecule has 3 aliphatic heterocycles. The predicted octanol–water partition coefficient (Wildman–Crippen LogP) is 5.47. The first-order valence-corrected chi connectivity index (χ1v) is 19.2. The smallest absolute Gasteiger partial charge is 0.313 e. The van der Waals surface area contributed by atoms with Crippen LogP contribution in [-0.2, 0) is 28.7 Å². The van der Waals surface area contributed by atoms with Crippen molar-refractivity contribution >= 4 is 45.3 Å². The minimum atomic E-state index is -1.39. The Morgan fingerprint density at radius 3 is 2.38 bits per heavy atom. The number of likely N-dealkylation sites (tertiary alicyclic amines) is 1. The number of anilines is 1. The van der Waals surface area contributed by atoms with Crippen LogP contribution in [0.1, 0.15) is 58.1 Å². The van der Waals surface area contributed by atoms with Gasteiger partial charge in [0.15, 0.2) is 0 Å². The summed E-state index contributed by atoms with van der Waals surface area (Å²) in [5.41, 5.74) is -0.137. The fraction of sp³-hybridized carbons (Fsp3) is 0.512. The molecule has 3 aliphatic rings. The van der Waals surface area contributed by atoms with Crippen LogP contribution >= 0.6 is 15.9 Å². The molecule has 0 aliphatic carbocycles. The molecule has 10 atom stereocenters. The standard InChI is InChI=1S/C41H52BrN3O8/c1-8-11-17-32(47)43(6)26(5)35(27-15-13-12-14-16-27)52-40(50)33-34-38(48)45(31(24-46)25(4)10-3)37(41(34)23-30(42)36(33)53-41)39(49)44(22-9-2)28-18-20-29(51-7)21-19-28/h8-9,12-16,18-21,25-26,30-31,33-37,46H,1-2,10-11,17,22-24H2,3-7H3/t25-,26-,30?,31-,33-,34+,35+,36-,37-,41+/m0/s1. The number of hydrogen-bond donors (Lipinski definition) is 1. The second kappa shape index (κ2) is 17.0. The number of likely N-dealkylation sites (N-methyl/N-ethyl adjacent to an activating group) is 1. The number of hydrogen-bond acceptors (Lipinski definition) is 8. The molecule has 5 rings (SSSR count). The minimum Gasteiger partial charge on any atom is -0.497 e. The van der Waals surface area contributed by atoms with Crippen molar-refractivity contribution in [3.63, 3.8) is 0 Å². The van der Waals surface area contributed by atoms with Crippen LogP contribution in [0.25, 0.3) is 0 Å². The highest BCUT2D eigenvalue weighted by atomic mass is 79.9. The van der Waals surface area contributed by atoms with Gasteiger partial charge >= 0.3 is 5.97 Å². The summed E-state index contributed by atoms with van der Waals surface area (Å²) < 4.78 is 18.5. The fourth-order valence-electron chi connectivity index (χ4n) is 8.27. The van der Waals surface area contributed by atoms with Gasteiger partial charge in [-0.05, 0) is 55.5 Å². The van der Waals surface area contributed by atoms with Crippen molar-refractivity contribution in [1.82, 2.24) is 9.80 Å². The number of esters is 1. The van der Waals surface area contributed by atoms with E-state index in [1.807, 2.05) is 51.1 Å². The molecule has 1 unspecified atom stereocenters. The van der Waals surface area contributed by atoms with E-state index in [4.69, 9.17) is 14.2 Å². The topological polar surface area (TPSA) is 126 Å². The number of methoxy groups -OCH3 is 1. The Balaban J connectivity index is 1.57. The highest BCUT2D eigenvalue weighted by Crippen LogP contribution is 2.61. The summed E-state index contributed by atoms with van der Waals surface area (Å²) in [5, 5.41) is 10.8. The average molecular weight is 795 g/mol. The maximum Gasteiger partial charge on any atom is 0.313 e. The lowest BCUT2D eigenvalue weighted by Gasteiger charge is -2.41. The zero-order chi connectivity index (χ0) is 38.6. The molecule has 2 aromatic carbocycles. The fourth-order valence-corrected chi connectivity index (χ4v) is 9.22. The number of rotatable bonds is 17. The van der Waals surface area contributed by atoms with Gasteiger partial charge in [-0.1, -0.05) is 78.7 Å². The Labute approximate surface area is 321 Å². The maximum absolute atomic E-state index is 15.1. The third kappa shape index (κ3) is 7.42. The molecule has 0 radical (unpaired) electrons. The summed E-state index contributed by atoms with van der Waals surface area (Å²) in [4.78, 5) is 62.0. The molecule has 286 valence electrons. The second-order valence-electron chi connectivity index (χ2n) is 14.3. The quantitative estimate of drug-likeness (QED) is 0.127. The van der Waals surface area contributed by atoms with Crippen LogP contribution in [0.2, 0.25) is 0 Å². The van der Waals surface area contributed by atoms with Crippen molar-refractivity contribution in [1.29, 1.82) is 0 Å². The van der Waals surface area contributed by atoms with Crippen LogP contribution in [0.3, 0.4) is 0 Å². The van der Waals surface area contributed by atoms with Crippen LogP contribution in [0.15, 0.2) is 79.9 Å². The van der Waals surface area contributed by atoms with Gasteiger partial charge in [0.05, 0.1) is 43.7 Å². The third-order valence-corrected chi connectivity index (χ3v) is 12.3. The van der Waals surface area contributed by atoms with Crippen molar-refractivity contribution < 1.29 is 38.5 Å². The Morgan fingerprint density at radius 1 is 1.11 bits per heavy atom. The summed E-state index contributed by atoms with van der Waals surface area (Å²) in [5.74, 6) is -3.29. The Hall–Kier alpha value is -4.00. The first kappa shape index (κ1) is 40.2. The zero-order valence-corrected chi connectivity index (χ0v) is 32.8. The van der Waals surface area contributed by atoms with Crippen LogP contribution in [-0.4, -0.2) is 101 Å². The van der Waals surface area contributed by atoms with Crippen molar-refractivity contribution in [2.24, 2.45) is 17.8 Å². The van der Waals surface area contributed by atoms with Gasteiger partial charge in [-0.25, -0.2) is 0 Å². The zero-order valence-electron chi connectivity index (χ0n) is 31.2. The number of benzene rings is 2. The van der Waals surface area contributed by atoms with Crippen LogP contribution in [0.4, 0.5) is 5.69 Å². The summed E-state index contributed by atoms with van der Waals surface area (Å²) in [7, 11) is 3.24. The maximum atomic E-state index is 15.1. The number of carbonyl (C=O) groups excluding carboxylic acids is 4.